The highest BCUT2D eigenvalue weighted by atomic mass is 16.8. The van der Waals surface area contributed by atoms with Crippen LogP contribution in [0.3, 0.4) is 0 Å². The minimum absolute atomic E-state index is 0.101. The van der Waals surface area contributed by atoms with Crippen LogP contribution >= 0.6 is 0 Å². The lowest BCUT2D eigenvalue weighted by molar-refractivity contribution is -0.284. The SMILES string of the molecule is CCC(c1[nH]c2c(NC(=O)[C@H]3O[C@@H](OC(=O)c4cccc5ccccc45)[C@H](OC(C)=O)[C@@H](OC(C)=O)[C@@H]3OC(C)=O)cccc2c1C)c1[nH]c2c(NC(=O)[C@H]3O[C@@H](OC(=O)c4cccc5ccccc45)[C@H](OC(C)=O)[C@@H](OC(C)=O)[C@@H]3OC(C)=O)cccc2c1C. The van der Waals surface area contributed by atoms with Crippen molar-refractivity contribution in [2.75, 3.05) is 10.6 Å². The van der Waals surface area contributed by atoms with Crippen LogP contribution in [0, 0.1) is 13.8 Å². The highest BCUT2D eigenvalue weighted by Crippen LogP contribution is 2.41. The van der Waals surface area contributed by atoms with Gasteiger partial charge in [-0.25, -0.2) is 9.59 Å². The van der Waals surface area contributed by atoms with Crippen LogP contribution in [0.4, 0.5) is 11.4 Å². The van der Waals surface area contributed by atoms with Crippen LogP contribution in [0.25, 0.3) is 43.4 Å². The molecule has 0 spiro atoms. The fourth-order valence-corrected chi connectivity index (χ4v) is 11.9. The van der Waals surface area contributed by atoms with Crippen LogP contribution < -0.4 is 10.6 Å². The van der Waals surface area contributed by atoms with Gasteiger partial charge in [0.15, 0.2) is 36.6 Å². The van der Waals surface area contributed by atoms with E-state index in [1.807, 2.05) is 32.9 Å². The first-order valence-electron chi connectivity index (χ1n) is 29.1. The Morgan fingerprint density at radius 3 is 1.09 bits per heavy atom. The summed E-state index contributed by atoms with van der Waals surface area (Å²) in [6.45, 7) is 12.1. The summed E-state index contributed by atoms with van der Waals surface area (Å²) in [5.41, 5.74) is 4.56. The monoisotopic (exact) mass is 1240 g/mol. The van der Waals surface area contributed by atoms with Crippen LogP contribution in [-0.2, 0) is 85.7 Å². The molecule has 0 radical (unpaired) electrons. The minimum atomic E-state index is -1.90. The molecule has 0 aliphatic carbocycles. The summed E-state index contributed by atoms with van der Waals surface area (Å²) in [6, 6.07) is 34.2. The fourth-order valence-electron chi connectivity index (χ4n) is 11.9. The molecular formula is C67H64N4O20. The number of nitrogens with one attached hydrogen (secondary N) is 4. The van der Waals surface area contributed by atoms with Gasteiger partial charge in [-0.2, -0.15) is 0 Å². The van der Waals surface area contributed by atoms with Gasteiger partial charge in [0.05, 0.1) is 33.5 Å². The Kier molecular flexibility index (Phi) is 18.7. The molecule has 2 fully saturated rings. The highest BCUT2D eigenvalue weighted by molar-refractivity contribution is 6.07. The molecule has 0 saturated carbocycles. The number of hydrogen-bond acceptors (Lipinski definition) is 20. The van der Waals surface area contributed by atoms with Gasteiger partial charge in [-0.3, -0.25) is 38.4 Å². The molecule has 2 aliphatic rings. The second-order valence-corrected chi connectivity index (χ2v) is 21.9. The Morgan fingerprint density at radius 2 is 0.725 bits per heavy atom. The molecule has 2 aromatic heterocycles. The standard InChI is InChI=1S/C67H64N4O20/c1-10-41(50-31(2)42-25-17-29-48(52(42)70-50)68-62(78)58-54(82-33(4)72)56(84-35(6)74)60(86-37(8)76)66(88-58)90-64(80)46-27-15-21-39-19-11-13-23-44(39)46)51-32(3)43-26-18-30-49(53(43)71-51)69-63(79)59-55(83-34(5)73)57(85-36(7)75)61(87-38(9)77)67(89-59)91-65(81)47-28-16-22-40-20-12-14-24-45(40)47/h11-30,41,54-61,66-67,70-71H,10H2,1-9H3,(H,68,78)(H,69,79)/t54-,55-,56-,57-,58-,59-,60+,61+,66-,67-/m0/s1. The molecule has 91 heavy (non-hydrogen) atoms. The summed E-state index contributed by atoms with van der Waals surface area (Å²) in [5.74, 6) is -9.66. The molecule has 472 valence electrons. The molecule has 0 bridgehead atoms. The maximum atomic E-state index is 14.9. The van der Waals surface area contributed by atoms with E-state index in [1.54, 1.807) is 97.1 Å². The summed E-state index contributed by atoms with van der Waals surface area (Å²) in [7, 11) is 0. The molecule has 4 N–H and O–H groups in total. The van der Waals surface area contributed by atoms with Crippen molar-refractivity contribution in [3.63, 3.8) is 0 Å². The first-order valence-corrected chi connectivity index (χ1v) is 29.1. The topological polar surface area (TPSA) is 319 Å². The van der Waals surface area contributed by atoms with E-state index in [-0.39, 0.29) is 22.5 Å². The first-order chi connectivity index (χ1) is 43.5. The number of fused-ring (bicyclic) bond motifs is 4. The Balaban J connectivity index is 0.957. The van der Waals surface area contributed by atoms with Crippen molar-refractivity contribution in [1.82, 2.24) is 9.97 Å². The van der Waals surface area contributed by atoms with Crippen molar-refractivity contribution < 1.29 is 95.3 Å². The van der Waals surface area contributed by atoms with Gasteiger partial charge >= 0.3 is 47.8 Å². The molecule has 8 aromatic rings. The third kappa shape index (κ3) is 13.3. The molecule has 10 rings (SSSR count). The van der Waals surface area contributed by atoms with Gasteiger partial charge in [0.2, 0.25) is 24.8 Å². The number of carbonyl (C=O) groups excluding carboxylic acids is 10. The molecule has 10 atom stereocenters. The number of anilines is 2. The predicted octanol–water partition coefficient (Wildman–Crippen LogP) is 8.75. The molecule has 2 amide bonds. The van der Waals surface area contributed by atoms with Crippen LogP contribution in [0.2, 0.25) is 0 Å². The van der Waals surface area contributed by atoms with Gasteiger partial charge in [-0.15, -0.1) is 0 Å². The molecule has 6 aromatic carbocycles. The quantitative estimate of drug-likeness (QED) is 0.0489. The fraction of sp³-hybridized carbons (Fsp3) is 0.313. The Labute approximate surface area is 519 Å². The van der Waals surface area contributed by atoms with Crippen molar-refractivity contribution in [3.8, 4) is 0 Å². The third-order valence-electron chi connectivity index (χ3n) is 15.7. The maximum Gasteiger partial charge on any atom is 0.341 e. The number of aryl methyl sites for hydroxylation is 2. The third-order valence-corrected chi connectivity index (χ3v) is 15.7. The summed E-state index contributed by atoms with van der Waals surface area (Å²) in [6.07, 6.45) is -17.5. The Bertz CT molecular complexity index is 3950. The van der Waals surface area contributed by atoms with E-state index in [0.717, 1.165) is 52.7 Å². The van der Waals surface area contributed by atoms with Crippen LogP contribution in [0.1, 0.15) is 104 Å². The molecule has 2 saturated heterocycles. The number of rotatable bonds is 17. The average molecular weight is 1250 g/mol. The number of amides is 2. The average Bonchev–Trinajstić information content (AvgIpc) is 1.73. The number of aromatic amines is 2. The van der Waals surface area contributed by atoms with Crippen LogP contribution in [0.15, 0.2) is 121 Å². The van der Waals surface area contributed by atoms with Crippen LogP contribution in [0.5, 0.6) is 0 Å². The lowest BCUT2D eigenvalue weighted by Gasteiger charge is -2.43. The maximum absolute atomic E-state index is 14.9. The van der Waals surface area contributed by atoms with Crippen molar-refractivity contribution in [1.29, 1.82) is 0 Å². The molecule has 4 heterocycles. The van der Waals surface area contributed by atoms with E-state index in [2.05, 4.69) is 20.6 Å². The largest absolute Gasteiger partial charge is 0.455 e. The zero-order chi connectivity index (χ0) is 65.1. The lowest BCUT2D eigenvalue weighted by Crippen LogP contribution is -2.64. The molecule has 2 aliphatic heterocycles. The van der Waals surface area contributed by atoms with Gasteiger partial charge in [0.1, 0.15) is 0 Å². The summed E-state index contributed by atoms with van der Waals surface area (Å²) in [5, 5.41) is 9.54. The smallest absolute Gasteiger partial charge is 0.341 e. The van der Waals surface area contributed by atoms with Crippen molar-refractivity contribution in [3.05, 3.63) is 155 Å². The van der Waals surface area contributed by atoms with Gasteiger partial charge in [-0.05, 0) is 77.2 Å². The number of esters is 8. The number of H-pyrrole nitrogens is 2. The van der Waals surface area contributed by atoms with Gasteiger partial charge < -0.3 is 68.0 Å². The van der Waals surface area contributed by atoms with Gasteiger partial charge in [0, 0.05) is 69.6 Å². The summed E-state index contributed by atoms with van der Waals surface area (Å²) in [4.78, 5) is 141. The number of benzene rings is 6. The van der Waals surface area contributed by atoms with E-state index >= 15 is 0 Å². The van der Waals surface area contributed by atoms with Crippen LogP contribution in [-0.4, -0.2) is 131 Å². The number of ether oxygens (including phenoxy) is 10. The second-order valence-electron chi connectivity index (χ2n) is 21.9. The molecule has 24 nitrogen and oxygen atoms in total. The summed E-state index contributed by atoms with van der Waals surface area (Å²) < 4.78 is 57.9. The molecule has 24 heteroatoms. The minimum Gasteiger partial charge on any atom is -0.455 e. The normalized spacial score (nSPS) is 21.3. The first kappa shape index (κ1) is 63.6. The molecule has 0 unspecified atom stereocenters. The van der Waals surface area contributed by atoms with Gasteiger partial charge in [-0.1, -0.05) is 104 Å². The van der Waals surface area contributed by atoms with E-state index in [1.165, 1.54) is 12.1 Å². The van der Waals surface area contributed by atoms with Crippen molar-refractivity contribution in [2.24, 2.45) is 0 Å². The zero-order valence-electron chi connectivity index (χ0n) is 50.8. The van der Waals surface area contributed by atoms with E-state index in [9.17, 15) is 47.9 Å². The van der Waals surface area contributed by atoms with Crippen molar-refractivity contribution >= 4 is 114 Å². The van der Waals surface area contributed by atoms with E-state index < -0.39 is 127 Å². The van der Waals surface area contributed by atoms with E-state index in [0.29, 0.717) is 61.2 Å². The Morgan fingerprint density at radius 1 is 0.407 bits per heavy atom. The Hall–Kier alpha value is -10.5. The second kappa shape index (κ2) is 26.7. The number of para-hydroxylation sites is 2. The number of aromatic nitrogens is 2. The van der Waals surface area contributed by atoms with Gasteiger partial charge in [0.25, 0.3) is 11.8 Å². The van der Waals surface area contributed by atoms with Crippen molar-refractivity contribution in [2.45, 2.75) is 136 Å². The number of carbonyl (C=O) groups is 10. The number of hydrogen-bond donors (Lipinski definition) is 4. The zero-order valence-corrected chi connectivity index (χ0v) is 50.8. The lowest BCUT2D eigenvalue weighted by atomic mass is 9.92. The molecular weight excluding hydrogens is 1180 g/mol. The highest BCUT2D eigenvalue weighted by Gasteiger charge is 2.57. The predicted molar refractivity (Wildman–Crippen MR) is 325 cm³/mol. The van der Waals surface area contributed by atoms with E-state index in [4.69, 9.17) is 47.4 Å². The summed E-state index contributed by atoms with van der Waals surface area (Å²) >= 11 is 0.